The first-order chi connectivity index (χ1) is 10.1. The van der Waals surface area contributed by atoms with E-state index < -0.39 is 11.8 Å². The van der Waals surface area contributed by atoms with E-state index in [9.17, 15) is 14.3 Å². The molecule has 0 aliphatic rings. The third kappa shape index (κ3) is 2.48. The summed E-state index contributed by atoms with van der Waals surface area (Å²) in [6.45, 7) is 0.313. The van der Waals surface area contributed by atoms with Crippen LogP contribution in [0, 0.1) is 5.82 Å². The molecule has 0 saturated heterocycles. The Morgan fingerprint density at radius 2 is 2.05 bits per heavy atom. The Bertz CT molecular complexity index is 845. The molecule has 0 spiro atoms. The number of carbonyl (C=O) groups is 1. The number of aromatic carboxylic acids is 1. The van der Waals surface area contributed by atoms with Gasteiger partial charge in [-0.3, -0.25) is 4.68 Å². The summed E-state index contributed by atoms with van der Waals surface area (Å²) in [5, 5.41) is 13.9. The first-order valence-electron chi connectivity index (χ1n) is 6.19. The Balaban J connectivity index is 2.08. The van der Waals surface area contributed by atoms with Gasteiger partial charge in [-0.2, -0.15) is 5.10 Å². The molecule has 0 fully saturated rings. The number of benzene rings is 2. The third-order valence-electron chi connectivity index (χ3n) is 3.18. The van der Waals surface area contributed by atoms with Crippen LogP contribution in [0.4, 0.5) is 4.39 Å². The summed E-state index contributed by atoms with van der Waals surface area (Å²) in [7, 11) is 0. The van der Waals surface area contributed by atoms with Crippen molar-refractivity contribution in [3.8, 4) is 0 Å². The van der Waals surface area contributed by atoms with Gasteiger partial charge in [0, 0.05) is 5.39 Å². The summed E-state index contributed by atoms with van der Waals surface area (Å²) in [4.78, 5) is 11.2. The van der Waals surface area contributed by atoms with Crippen LogP contribution in [0.1, 0.15) is 16.1 Å². The second-order valence-electron chi connectivity index (χ2n) is 4.58. The molecular formula is C15H10ClFN2O2. The Labute approximate surface area is 124 Å². The molecule has 4 nitrogen and oxygen atoms in total. The van der Waals surface area contributed by atoms with Crippen molar-refractivity contribution in [2.75, 3.05) is 0 Å². The monoisotopic (exact) mass is 304 g/mol. The van der Waals surface area contributed by atoms with Crippen molar-refractivity contribution in [2.24, 2.45) is 0 Å². The molecule has 2 aromatic carbocycles. The van der Waals surface area contributed by atoms with Crippen LogP contribution >= 0.6 is 11.6 Å². The highest BCUT2D eigenvalue weighted by atomic mass is 35.5. The summed E-state index contributed by atoms with van der Waals surface area (Å²) in [6, 6.07) is 11.5. The van der Waals surface area contributed by atoms with Crippen LogP contribution in [0.15, 0.2) is 42.5 Å². The average molecular weight is 305 g/mol. The predicted octanol–water partition coefficient (Wildman–Crippen LogP) is 3.58. The lowest BCUT2D eigenvalue weighted by atomic mass is 10.2. The molecule has 106 valence electrons. The Morgan fingerprint density at radius 1 is 1.29 bits per heavy atom. The molecule has 0 atom stereocenters. The third-order valence-corrected chi connectivity index (χ3v) is 3.47. The largest absolute Gasteiger partial charge is 0.476 e. The van der Waals surface area contributed by atoms with Crippen LogP contribution in [0.25, 0.3) is 10.9 Å². The van der Waals surface area contributed by atoms with Gasteiger partial charge < -0.3 is 5.11 Å². The van der Waals surface area contributed by atoms with Gasteiger partial charge in [-0.05, 0) is 23.8 Å². The Hall–Kier alpha value is -2.40. The van der Waals surface area contributed by atoms with Gasteiger partial charge in [0.05, 0.1) is 17.1 Å². The zero-order valence-electron chi connectivity index (χ0n) is 10.8. The van der Waals surface area contributed by atoms with Gasteiger partial charge in [0.25, 0.3) is 0 Å². The molecular weight excluding hydrogens is 295 g/mol. The fourth-order valence-corrected chi connectivity index (χ4v) is 2.42. The Kier molecular flexibility index (Phi) is 3.35. The van der Waals surface area contributed by atoms with E-state index in [1.165, 1.54) is 12.1 Å². The van der Waals surface area contributed by atoms with Gasteiger partial charge in [0.1, 0.15) is 5.82 Å². The molecule has 3 aromatic rings. The molecule has 1 N–H and O–H groups in total. The first-order valence-corrected chi connectivity index (χ1v) is 6.57. The number of hydrogen-bond acceptors (Lipinski definition) is 2. The van der Waals surface area contributed by atoms with Gasteiger partial charge in [-0.25, -0.2) is 9.18 Å². The Morgan fingerprint density at radius 3 is 2.76 bits per heavy atom. The van der Waals surface area contributed by atoms with Gasteiger partial charge >= 0.3 is 5.97 Å². The van der Waals surface area contributed by atoms with Crippen LogP contribution in [0.3, 0.4) is 0 Å². The molecule has 0 bridgehead atoms. The average Bonchev–Trinajstić information content (AvgIpc) is 2.82. The highest BCUT2D eigenvalue weighted by molar-refractivity contribution is 6.30. The second kappa shape index (κ2) is 5.18. The minimum Gasteiger partial charge on any atom is -0.476 e. The summed E-state index contributed by atoms with van der Waals surface area (Å²) in [5.74, 6) is -1.57. The van der Waals surface area contributed by atoms with Crippen molar-refractivity contribution in [1.29, 1.82) is 0 Å². The number of carboxylic acid groups (broad SMARTS) is 1. The van der Waals surface area contributed by atoms with Crippen molar-refractivity contribution in [3.05, 3.63) is 64.6 Å². The van der Waals surface area contributed by atoms with Crippen molar-refractivity contribution in [1.82, 2.24) is 9.78 Å². The minimum atomic E-state index is -1.08. The van der Waals surface area contributed by atoms with E-state index in [0.29, 0.717) is 17.4 Å². The number of nitrogens with zero attached hydrogens (tertiary/aromatic N) is 2. The van der Waals surface area contributed by atoms with Crippen molar-refractivity contribution >= 4 is 28.5 Å². The van der Waals surface area contributed by atoms with Crippen LogP contribution in [-0.4, -0.2) is 20.9 Å². The topological polar surface area (TPSA) is 55.1 Å². The molecule has 6 heteroatoms. The molecule has 0 radical (unpaired) electrons. The summed E-state index contributed by atoms with van der Waals surface area (Å²) >= 11 is 5.76. The summed E-state index contributed by atoms with van der Waals surface area (Å²) < 4.78 is 14.7. The number of halogens is 2. The molecule has 0 aliphatic carbocycles. The maximum atomic E-state index is 13.2. The van der Waals surface area contributed by atoms with E-state index in [-0.39, 0.29) is 10.7 Å². The lowest BCUT2D eigenvalue weighted by Crippen LogP contribution is -2.04. The smallest absolute Gasteiger partial charge is 0.357 e. The SMILES string of the molecule is O=C(O)c1nn(Cc2ccc(F)c(Cl)c2)c2ccccc12. The number of carboxylic acids is 1. The van der Waals surface area contributed by atoms with E-state index in [2.05, 4.69) is 5.10 Å². The summed E-state index contributed by atoms with van der Waals surface area (Å²) in [6.07, 6.45) is 0. The van der Waals surface area contributed by atoms with Gasteiger partial charge in [0.15, 0.2) is 5.69 Å². The van der Waals surface area contributed by atoms with Crippen molar-refractivity contribution in [2.45, 2.75) is 6.54 Å². The highest BCUT2D eigenvalue weighted by Gasteiger charge is 2.16. The lowest BCUT2D eigenvalue weighted by molar-refractivity contribution is 0.0691. The normalized spacial score (nSPS) is 11.0. The zero-order chi connectivity index (χ0) is 15.0. The highest BCUT2D eigenvalue weighted by Crippen LogP contribution is 2.21. The number of para-hydroxylation sites is 1. The van der Waals surface area contributed by atoms with Gasteiger partial charge in [-0.15, -0.1) is 0 Å². The fourth-order valence-electron chi connectivity index (χ4n) is 2.22. The molecule has 0 saturated carbocycles. The number of hydrogen-bond donors (Lipinski definition) is 1. The molecule has 1 heterocycles. The van der Waals surface area contributed by atoms with E-state index in [1.54, 1.807) is 28.9 Å². The molecule has 0 amide bonds. The second-order valence-corrected chi connectivity index (χ2v) is 4.98. The first kappa shape index (κ1) is 13.6. The quantitative estimate of drug-likeness (QED) is 0.804. The maximum absolute atomic E-state index is 13.2. The predicted molar refractivity (Wildman–Crippen MR) is 77.2 cm³/mol. The van der Waals surface area contributed by atoms with E-state index >= 15 is 0 Å². The standard InChI is InChI=1S/C15H10ClFN2O2/c16-11-7-9(5-6-12(11)17)8-19-13-4-2-1-3-10(13)14(18-19)15(20)21/h1-7H,8H2,(H,20,21). The lowest BCUT2D eigenvalue weighted by Gasteiger charge is -2.04. The zero-order valence-corrected chi connectivity index (χ0v) is 11.5. The number of aromatic nitrogens is 2. The van der Waals surface area contributed by atoms with Gasteiger partial charge in [-0.1, -0.05) is 35.9 Å². The maximum Gasteiger partial charge on any atom is 0.357 e. The van der Waals surface area contributed by atoms with E-state index in [0.717, 1.165) is 5.56 Å². The van der Waals surface area contributed by atoms with E-state index in [1.807, 2.05) is 6.07 Å². The van der Waals surface area contributed by atoms with Crippen molar-refractivity contribution < 1.29 is 14.3 Å². The molecule has 3 rings (SSSR count). The van der Waals surface area contributed by atoms with Crippen LogP contribution in [0.2, 0.25) is 5.02 Å². The summed E-state index contributed by atoms with van der Waals surface area (Å²) in [5.41, 5.74) is 1.45. The molecule has 0 unspecified atom stereocenters. The molecule has 21 heavy (non-hydrogen) atoms. The molecule has 0 aliphatic heterocycles. The van der Waals surface area contributed by atoms with Crippen LogP contribution < -0.4 is 0 Å². The van der Waals surface area contributed by atoms with Gasteiger partial charge in [0.2, 0.25) is 0 Å². The van der Waals surface area contributed by atoms with E-state index in [4.69, 9.17) is 11.6 Å². The van der Waals surface area contributed by atoms with Crippen LogP contribution in [-0.2, 0) is 6.54 Å². The van der Waals surface area contributed by atoms with Crippen molar-refractivity contribution in [3.63, 3.8) is 0 Å². The molecule has 1 aromatic heterocycles. The number of fused-ring (bicyclic) bond motifs is 1. The fraction of sp³-hybridized carbons (Fsp3) is 0.0667. The minimum absolute atomic E-state index is 0.00110. The number of rotatable bonds is 3. The van der Waals surface area contributed by atoms with Crippen LogP contribution in [0.5, 0.6) is 0 Å².